The minimum absolute atomic E-state index is 0.0199. The second-order valence-electron chi connectivity index (χ2n) is 7.35. The van der Waals surface area contributed by atoms with Gasteiger partial charge in [-0.1, -0.05) is 12.8 Å². The Morgan fingerprint density at radius 3 is 2.68 bits per heavy atom. The van der Waals surface area contributed by atoms with Gasteiger partial charge in [-0.3, -0.25) is 9.36 Å². The molecule has 0 radical (unpaired) electrons. The summed E-state index contributed by atoms with van der Waals surface area (Å²) in [6.07, 6.45) is 7.59. The smallest absolute Gasteiger partial charge is 0.326 e. The van der Waals surface area contributed by atoms with Gasteiger partial charge in [-0.15, -0.1) is 0 Å². The molecular weight excluding hydrogens is 316 g/mol. The molecule has 1 unspecified atom stereocenters. The highest BCUT2D eigenvalue weighted by atomic mass is 16.2. The first-order valence-corrected chi connectivity index (χ1v) is 9.44. The molecule has 134 valence electrons. The molecule has 4 rings (SSSR count). The molecule has 1 saturated heterocycles. The maximum Gasteiger partial charge on any atom is 0.326 e. The maximum atomic E-state index is 12.9. The van der Waals surface area contributed by atoms with Gasteiger partial charge in [0, 0.05) is 30.7 Å². The molecule has 2 aliphatic rings. The average Bonchev–Trinajstić information content (AvgIpc) is 3.26. The molecule has 1 atom stereocenters. The number of hydrogen-bond acceptors (Lipinski definition) is 3. The largest absolute Gasteiger partial charge is 0.334 e. The third-order valence-corrected chi connectivity index (χ3v) is 5.81. The van der Waals surface area contributed by atoms with E-state index in [1.54, 1.807) is 0 Å². The van der Waals surface area contributed by atoms with Crippen LogP contribution in [0, 0.1) is 0 Å². The number of nitrogens with two attached hydrogens (primary N) is 1. The van der Waals surface area contributed by atoms with Crippen LogP contribution in [-0.2, 0) is 0 Å². The van der Waals surface area contributed by atoms with Crippen molar-refractivity contribution >= 4 is 16.9 Å². The van der Waals surface area contributed by atoms with Crippen molar-refractivity contribution in [3.05, 3.63) is 34.2 Å². The van der Waals surface area contributed by atoms with E-state index in [0.29, 0.717) is 12.1 Å². The van der Waals surface area contributed by atoms with Crippen molar-refractivity contribution in [1.82, 2.24) is 14.5 Å². The fourth-order valence-corrected chi connectivity index (χ4v) is 4.47. The maximum absolute atomic E-state index is 12.9. The summed E-state index contributed by atoms with van der Waals surface area (Å²) in [4.78, 5) is 30.2. The lowest BCUT2D eigenvalue weighted by atomic mass is 10.0. The summed E-state index contributed by atoms with van der Waals surface area (Å²) in [7, 11) is 0. The SMILES string of the molecule is NCC1CCCCN1C(=O)c1ccc2c(c1)[nH]c(=O)n2C1CCCC1. The number of imidazole rings is 1. The van der Waals surface area contributed by atoms with Crippen LogP contribution in [0.2, 0.25) is 0 Å². The highest BCUT2D eigenvalue weighted by Gasteiger charge is 2.27. The van der Waals surface area contributed by atoms with E-state index < -0.39 is 0 Å². The van der Waals surface area contributed by atoms with Crippen molar-refractivity contribution in [3.8, 4) is 0 Å². The zero-order valence-corrected chi connectivity index (χ0v) is 14.5. The third-order valence-electron chi connectivity index (χ3n) is 5.81. The molecular formula is C19H26N4O2. The van der Waals surface area contributed by atoms with Gasteiger partial charge in [0.25, 0.3) is 5.91 Å². The van der Waals surface area contributed by atoms with Crippen molar-refractivity contribution < 1.29 is 4.79 Å². The van der Waals surface area contributed by atoms with Gasteiger partial charge in [0.1, 0.15) is 0 Å². The van der Waals surface area contributed by atoms with Crippen molar-refractivity contribution in [2.45, 2.75) is 57.0 Å². The summed E-state index contributed by atoms with van der Waals surface area (Å²) < 4.78 is 1.88. The number of amides is 1. The number of piperidine rings is 1. The molecule has 2 fully saturated rings. The van der Waals surface area contributed by atoms with E-state index in [1.165, 1.54) is 12.8 Å². The normalized spacial score (nSPS) is 22.0. The molecule has 6 nitrogen and oxygen atoms in total. The zero-order chi connectivity index (χ0) is 17.4. The summed E-state index contributed by atoms with van der Waals surface area (Å²) in [6, 6.07) is 6.00. The number of carbonyl (C=O) groups is 1. The number of likely N-dealkylation sites (tertiary alicyclic amines) is 1. The number of hydrogen-bond donors (Lipinski definition) is 2. The molecule has 1 aliphatic heterocycles. The Bertz CT molecular complexity index is 832. The van der Waals surface area contributed by atoms with E-state index in [9.17, 15) is 9.59 Å². The van der Waals surface area contributed by atoms with Gasteiger partial charge in [-0.2, -0.15) is 0 Å². The standard InChI is InChI=1S/C19H26N4O2/c20-12-15-7-3-4-10-22(15)18(24)13-8-9-17-16(11-13)21-19(25)23(17)14-5-1-2-6-14/h8-9,11,14-15H,1-7,10,12,20H2,(H,21,25). The van der Waals surface area contributed by atoms with Crippen LogP contribution in [0.1, 0.15) is 61.3 Å². The van der Waals surface area contributed by atoms with Crippen molar-refractivity contribution in [1.29, 1.82) is 0 Å². The van der Waals surface area contributed by atoms with Crippen LogP contribution < -0.4 is 11.4 Å². The average molecular weight is 342 g/mol. The van der Waals surface area contributed by atoms with Gasteiger partial charge >= 0.3 is 5.69 Å². The first-order chi connectivity index (χ1) is 12.2. The van der Waals surface area contributed by atoms with Gasteiger partial charge in [-0.05, 0) is 50.3 Å². The first kappa shape index (κ1) is 16.4. The lowest BCUT2D eigenvalue weighted by Gasteiger charge is -2.35. The Hall–Kier alpha value is -2.08. The number of rotatable bonds is 3. The minimum atomic E-state index is -0.0655. The highest BCUT2D eigenvalue weighted by Crippen LogP contribution is 2.31. The zero-order valence-electron chi connectivity index (χ0n) is 14.5. The third kappa shape index (κ3) is 2.88. The number of aromatic nitrogens is 2. The molecule has 6 heteroatoms. The van der Waals surface area contributed by atoms with Gasteiger partial charge in [-0.25, -0.2) is 4.79 Å². The Balaban J connectivity index is 1.67. The Labute approximate surface area is 147 Å². The predicted octanol–water partition coefficient (Wildman–Crippen LogP) is 2.40. The van der Waals surface area contributed by atoms with Crippen LogP contribution in [0.15, 0.2) is 23.0 Å². The molecule has 0 bridgehead atoms. The molecule has 3 N–H and O–H groups in total. The van der Waals surface area contributed by atoms with Crippen LogP contribution >= 0.6 is 0 Å². The molecule has 1 amide bonds. The number of carbonyl (C=O) groups excluding carboxylic acids is 1. The van der Waals surface area contributed by atoms with E-state index in [4.69, 9.17) is 5.73 Å². The Morgan fingerprint density at radius 1 is 1.16 bits per heavy atom. The molecule has 2 heterocycles. The number of aromatic amines is 1. The molecule has 1 aliphatic carbocycles. The Morgan fingerprint density at radius 2 is 1.92 bits per heavy atom. The van der Waals surface area contributed by atoms with E-state index in [-0.39, 0.29) is 23.7 Å². The predicted molar refractivity (Wildman–Crippen MR) is 97.8 cm³/mol. The molecule has 1 saturated carbocycles. The van der Waals surface area contributed by atoms with E-state index in [1.807, 2.05) is 27.7 Å². The monoisotopic (exact) mass is 342 g/mol. The minimum Gasteiger partial charge on any atom is -0.334 e. The van der Waals surface area contributed by atoms with Gasteiger partial charge in [0.2, 0.25) is 0 Å². The van der Waals surface area contributed by atoms with Gasteiger partial charge in [0.05, 0.1) is 11.0 Å². The van der Waals surface area contributed by atoms with Gasteiger partial charge in [0.15, 0.2) is 0 Å². The summed E-state index contributed by atoms with van der Waals surface area (Å²) >= 11 is 0. The lowest BCUT2D eigenvalue weighted by Crippen LogP contribution is -2.47. The summed E-state index contributed by atoms with van der Waals surface area (Å²) in [5, 5.41) is 0. The number of benzene rings is 1. The van der Waals surface area contributed by atoms with E-state index in [0.717, 1.165) is 49.7 Å². The number of nitrogens with one attached hydrogen (secondary N) is 1. The second-order valence-corrected chi connectivity index (χ2v) is 7.35. The van der Waals surface area contributed by atoms with Crippen molar-refractivity contribution in [3.63, 3.8) is 0 Å². The fourth-order valence-electron chi connectivity index (χ4n) is 4.47. The quantitative estimate of drug-likeness (QED) is 0.898. The molecule has 2 aromatic rings. The van der Waals surface area contributed by atoms with Crippen LogP contribution in [0.25, 0.3) is 11.0 Å². The van der Waals surface area contributed by atoms with E-state index in [2.05, 4.69) is 4.98 Å². The molecule has 0 spiro atoms. The second kappa shape index (κ2) is 6.67. The van der Waals surface area contributed by atoms with Crippen LogP contribution in [0.5, 0.6) is 0 Å². The number of nitrogens with zero attached hydrogens (tertiary/aromatic N) is 2. The fraction of sp³-hybridized carbons (Fsp3) is 0.579. The summed E-state index contributed by atoms with van der Waals surface area (Å²) in [6.45, 7) is 1.27. The topological polar surface area (TPSA) is 84.1 Å². The van der Waals surface area contributed by atoms with E-state index >= 15 is 0 Å². The highest BCUT2D eigenvalue weighted by molar-refractivity contribution is 5.97. The first-order valence-electron chi connectivity index (χ1n) is 9.44. The molecule has 25 heavy (non-hydrogen) atoms. The summed E-state index contributed by atoms with van der Waals surface area (Å²) in [5.41, 5.74) is 8.07. The number of H-pyrrole nitrogens is 1. The summed E-state index contributed by atoms with van der Waals surface area (Å²) in [5.74, 6) is 0.0199. The lowest BCUT2D eigenvalue weighted by molar-refractivity contribution is 0.0623. The van der Waals surface area contributed by atoms with Crippen molar-refractivity contribution in [2.24, 2.45) is 5.73 Å². The Kier molecular flexibility index (Phi) is 4.37. The van der Waals surface area contributed by atoms with Gasteiger partial charge < -0.3 is 15.6 Å². The van der Waals surface area contributed by atoms with Crippen LogP contribution in [0.3, 0.4) is 0 Å². The van der Waals surface area contributed by atoms with Crippen LogP contribution in [-0.4, -0.2) is 39.5 Å². The molecule has 1 aromatic heterocycles. The molecule has 1 aromatic carbocycles. The van der Waals surface area contributed by atoms with Crippen molar-refractivity contribution in [2.75, 3.05) is 13.1 Å². The number of fused-ring (bicyclic) bond motifs is 1. The van der Waals surface area contributed by atoms with Crippen LogP contribution in [0.4, 0.5) is 0 Å².